The average molecular weight is 981 g/mol. The minimum atomic E-state index is 0.562. The summed E-state index contributed by atoms with van der Waals surface area (Å²) in [5, 5.41) is 11.7. The Bertz CT molecular complexity index is 4940. The van der Waals surface area contributed by atoms with Gasteiger partial charge in [-0.3, -0.25) is 4.57 Å². The van der Waals surface area contributed by atoms with Crippen LogP contribution >= 0.6 is 0 Å². The van der Waals surface area contributed by atoms with Gasteiger partial charge in [0, 0.05) is 54.8 Å². The van der Waals surface area contributed by atoms with Gasteiger partial charge < -0.3 is 9.13 Å². The molecule has 0 aliphatic heterocycles. The molecule has 0 fully saturated rings. The van der Waals surface area contributed by atoms with Crippen molar-refractivity contribution in [3.63, 3.8) is 0 Å². The maximum atomic E-state index is 5.34. The molecule has 6 heteroatoms. The van der Waals surface area contributed by atoms with E-state index >= 15 is 0 Å². The lowest BCUT2D eigenvalue weighted by molar-refractivity contribution is 0.953. The van der Waals surface area contributed by atoms with Crippen LogP contribution in [0.25, 0.3) is 149 Å². The van der Waals surface area contributed by atoms with Crippen molar-refractivity contribution in [3.8, 4) is 62.4 Å². The molecule has 4 aromatic heterocycles. The fourth-order valence-corrected chi connectivity index (χ4v) is 12.1. The Morgan fingerprint density at radius 1 is 0.221 bits per heavy atom. The summed E-state index contributed by atoms with van der Waals surface area (Å²) in [5.74, 6) is 1.80. The molecule has 0 atom stereocenters. The fourth-order valence-electron chi connectivity index (χ4n) is 12.1. The number of hydrogen-bond donors (Lipinski definition) is 0. The van der Waals surface area contributed by atoms with Gasteiger partial charge in [-0.2, -0.15) is 9.97 Å². The molecule has 6 nitrogen and oxygen atoms in total. The first kappa shape index (κ1) is 43.0. The Morgan fingerprint density at radius 3 is 1.25 bits per heavy atom. The van der Waals surface area contributed by atoms with Crippen molar-refractivity contribution in [1.82, 2.24) is 28.7 Å². The predicted octanol–water partition coefficient (Wildman–Crippen LogP) is 18.1. The molecule has 0 aliphatic carbocycles. The number of benzene rings is 12. The van der Waals surface area contributed by atoms with Crippen LogP contribution in [0.4, 0.5) is 0 Å². The van der Waals surface area contributed by atoms with Crippen LogP contribution in [0, 0.1) is 0 Å². The normalized spacial score (nSPS) is 11.9. The molecule has 0 saturated carbocycles. The molecule has 0 aliphatic rings. The predicted molar refractivity (Wildman–Crippen MR) is 320 cm³/mol. The van der Waals surface area contributed by atoms with Crippen molar-refractivity contribution < 1.29 is 0 Å². The van der Waals surface area contributed by atoms with Gasteiger partial charge >= 0.3 is 0 Å². The second-order valence-electron chi connectivity index (χ2n) is 20.0. The van der Waals surface area contributed by atoms with Gasteiger partial charge in [0.05, 0.1) is 33.1 Å². The minimum absolute atomic E-state index is 0.562. The molecule has 0 saturated heterocycles. The lowest BCUT2D eigenvalue weighted by Crippen LogP contribution is -2.06. The molecular formula is C71H44N6. The van der Waals surface area contributed by atoms with E-state index in [0.717, 1.165) is 66.1 Å². The van der Waals surface area contributed by atoms with E-state index in [1.54, 1.807) is 0 Å². The number of fused-ring (bicyclic) bond motifs is 12. The summed E-state index contributed by atoms with van der Waals surface area (Å²) < 4.78 is 7.10. The highest BCUT2D eigenvalue weighted by Gasteiger charge is 2.23. The van der Waals surface area contributed by atoms with Crippen LogP contribution in [0.1, 0.15) is 0 Å². The summed E-state index contributed by atoms with van der Waals surface area (Å²) >= 11 is 0. The molecule has 12 aromatic carbocycles. The summed E-state index contributed by atoms with van der Waals surface area (Å²) in [4.78, 5) is 15.9. The quantitative estimate of drug-likeness (QED) is 0.160. The largest absolute Gasteiger partial charge is 0.309 e. The van der Waals surface area contributed by atoms with Crippen LogP contribution in [-0.2, 0) is 0 Å². The standard InChI is InChI=1S/C71H44N6/c1-2-15-45(16-3-1)48-29-31-49(32-30-48)52-21-14-22-55(43-52)75-62-27-12-9-24-58(62)67-65(75)39-40-66-68(67)59-25-10-13-28-63(59)76(66)56-37-38-64-60(44-56)57-23-8-11-26-61(57)77(64)71-73-69(53-35-33-46-17-4-6-19-50(46)41-53)72-70(74-71)54-36-34-47-18-5-7-20-51(47)42-54/h1-44H. The number of para-hydroxylation sites is 3. The monoisotopic (exact) mass is 980 g/mol. The zero-order chi connectivity index (χ0) is 50.6. The van der Waals surface area contributed by atoms with Crippen LogP contribution in [0.2, 0.25) is 0 Å². The smallest absolute Gasteiger partial charge is 0.238 e. The van der Waals surface area contributed by atoms with Crippen molar-refractivity contribution in [3.05, 3.63) is 267 Å². The van der Waals surface area contributed by atoms with Crippen molar-refractivity contribution in [2.75, 3.05) is 0 Å². The molecule has 16 rings (SSSR count). The summed E-state index contributed by atoms with van der Waals surface area (Å²) in [7, 11) is 0. The van der Waals surface area contributed by atoms with Crippen LogP contribution < -0.4 is 0 Å². The fraction of sp³-hybridized carbons (Fsp3) is 0. The maximum absolute atomic E-state index is 5.34. The third kappa shape index (κ3) is 6.86. The Hall–Kier alpha value is -10.4. The van der Waals surface area contributed by atoms with E-state index in [1.165, 1.54) is 65.6 Å². The van der Waals surface area contributed by atoms with E-state index in [4.69, 9.17) is 15.0 Å². The van der Waals surface area contributed by atoms with Crippen LogP contribution in [0.15, 0.2) is 267 Å². The molecule has 4 heterocycles. The van der Waals surface area contributed by atoms with E-state index in [9.17, 15) is 0 Å². The van der Waals surface area contributed by atoms with Gasteiger partial charge in [-0.15, -0.1) is 0 Å². The lowest BCUT2D eigenvalue weighted by Gasteiger charge is -2.12. The van der Waals surface area contributed by atoms with Crippen LogP contribution in [-0.4, -0.2) is 28.7 Å². The van der Waals surface area contributed by atoms with Gasteiger partial charge in [0.25, 0.3) is 0 Å². The van der Waals surface area contributed by atoms with Gasteiger partial charge in [-0.25, -0.2) is 4.98 Å². The Balaban J connectivity index is 0.870. The van der Waals surface area contributed by atoms with Gasteiger partial charge in [0.15, 0.2) is 11.6 Å². The van der Waals surface area contributed by atoms with Gasteiger partial charge in [0.1, 0.15) is 0 Å². The highest BCUT2D eigenvalue weighted by atomic mass is 15.2. The minimum Gasteiger partial charge on any atom is -0.309 e. The average Bonchev–Trinajstić information content (AvgIpc) is 4.36. The van der Waals surface area contributed by atoms with Crippen LogP contribution in [0.3, 0.4) is 0 Å². The molecule has 0 unspecified atom stereocenters. The first-order valence-electron chi connectivity index (χ1n) is 26.2. The van der Waals surface area contributed by atoms with E-state index < -0.39 is 0 Å². The summed E-state index contributed by atoms with van der Waals surface area (Å²) in [6, 6.07) is 96.0. The third-order valence-corrected chi connectivity index (χ3v) is 15.7. The van der Waals surface area contributed by atoms with Crippen molar-refractivity contribution >= 4 is 87.0 Å². The van der Waals surface area contributed by atoms with E-state index in [-0.39, 0.29) is 0 Å². The Morgan fingerprint density at radius 2 is 0.649 bits per heavy atom. The molecule has 16 aromatic rings. The second-order valence-corrected chi connectivity index (χ2v) is 20.0. The van der Waals surface area contributed by atoms with Crippen molar-refractivity contribution in [1.29, 1.82) is 0 Å². The van der Waals surface area contributed by atoms with Gasteiger partial charge in [0.2, 0.25) is 5.95 Å². The van der Waals surface area contributed by atoms with Gasteiger partial charge in [-0.05, 0) is 117 Å². The zero-order valence-corrected chi connectivity index (χ0v) is 41.6. The van der Waals surface area contributed by atoms with Gasteiger partial charge in [-0.1, -0.05) is 194 Å². The number of nitrogens with zero attached hydrogens (tertiary/aromatic N) is 6. The first-order chi connectivity index (χ1) is 38.2. The summed E-state index contributed by atoms with van der Waals surface area (Å²) in [5.41, 5.74) is 15.5. The SMILES string of the molecule is c1ccc(-c2ccc(-c3cccc(-n4c5ccccc5c5c6c7ccccc7n(-c7ccc8c(c7)c7ccccc7n8-c7nc(-c8ccc9ccccc9c8)nc(-c8ccc9ccccc9c8)n7)c6ccc54)c3)cc2)cc1. The zero-order valence-electron chi connectivity index (χ0n) is 41.6. The van der Waals surface area contributed by atoms with Crippen molar-refractivity contribution in [2.45, 2.75) is 0 Å². The van der Waals surface area contributed by atoms with Crippen molar-refractivity contribution in [2.24, 2.45) is 0 Å². The Kier molecular flexibility index (Phi) is 9.53. The topological polar surface area (TPSA) is 53.5 Å². The van der Waals surface area contributed by atoms with E-state index in [0.29, 0.717) is 17.6 Å². The molecule has 77 heavy (non-hydrogen) atoms. The number of aromatic nitrogens is 6. The van der Waals surface area contributed by atoms with E-state index in [2.05, 4.69) is 281 Å². The summed E-state index contributed by atoms with van der Waals surface area (Å²) in [6.45, 7) is 0. The molecular weight excluding hydrogens is 937 g/mol. The second kappa shape index (κ2) is 17.1. The molecule has 358 valence electrons. The van der Waals surface area contributed by atoms with E-state index in [1.807, 2.05) is 0 Å². The van der Waals surface area contributed by atoms with Crippen LogP contribution in [0.5, 0.6) is 0 Å². The Labute approximate surface area is 442 Å². The third-order valence-electron chi connectivity index (χ3n) is 15.7. The highest BCUT2D eigenvalue weighted by Crippen LogP contribution is 2.44. The molecule has 0 radical (unpaired) electrons. The number of rotatable bonds is 7. The molecule has 0 amide bonds. The lowest BCUT2D eigenvalue weighted by atomic mass is 10.00. The molecule has 0 spiro atoms. The first-order valence-corrected chi connectivity index (χ1v) is 26.2. The number of hydrogen-bond acceptors (Lipinski definition) is 3. The maximum Gasteiger partial charge on any atom is 0.238 e. The highest BCUT2D eigenvalue weighted by molar-refractivity contribution is 6.29. The summed E-state index contributed by atoms with van der Waals surface area (Å²) in [6.07, 6.45) is 0. The molecule has 0 bridgehead atoms. The molecule has 0 N–H and O–H groups in total.